The quantitative estimate of drug-likeness (QED) is 0.618. The first-order valence-electron chi connectivity index (χ1n) is 7.03. The number of aliphatic carboxylic acids is 1. The van der Waals surface area contributed by atoms with Crippen LogP contribution in [0, 0.1) is 5.92 Å². The Labute approximate surface area is 138 Å². The van der Waals surface area contributed by atoms with Gasteiger partial charge in [-0.05, 0) is 17.2 Å². The lowest BCUT2D eigenvalue weighted by Gasteiger charge is -2.12. The summed E-state index contributed by atoms with van der Waals surface area (Å²) in [7, 11) is 0. The van der Waals surface area contributed by atoms with Crippen molar-refractivity contribution in [2.75, 3.05) is 11.1 Å². The van der Waals surface area contributed by atoms with Gasteiger partial charge >= 0.3 is 5.97 Å². The van der Waals surface area contributed by atoms with Gasteiger partial charge in [-0.1, -0.05) is 35.4 Å². The van der Waals surface area contributed by atoms with Gasteiger partial charge in [-0.25, -0.2) is 0 Å². The summed E-state index contributed by atoms with van der Waals surface area (Å²) < 4.78 is 0. The Morgan fingerprint density at radius 1 is 1.30 bits per heavy atom. The molecule has 2 rings (SSSR count). The Morgan fingerprint density at radius 3 is 2.70 bits per heavy atom. The maximum Gasteiger partial charge on any atom is 0.305 e. The number of amides is 1. The van der Waals surface area contributed by atoms with Crippen LogP contribution < -0.4 is 5.32 Å². The summed E-state index contributed by atoms with van der Waals surface area (Å²) in [6.45, 7) is 0.0955. The van der Waals surface area contributed by atoms with Gasteiger partial charge < -0.3 is 5.11 Å². The summed E-state index contributed by atoms with van der Waals surface area (Å²) in [6, 6.07) is 9.64. The van der Waals surface area contributed by atoms with E-state index in [0.717, 1.165) is 10.4 Å². The zero-order valence-corrected chi connectivity index (χ0v) is 13.2. The van der Waals surface area contributed by atoms with Crippen LogP contribution in [0.3, 0.4) is 0 Å². The van der Waals surface area contributed by atoms with E-state index in [0.29, 0.717) is 12.2 Å². The molecule has 2 N–H and O–H groups in total. The molecular weight excluding hydrogens is 318 g/mol. The van der Waals surface area contributed by atoms with Crippen LogP contribution in [0.1, 0.15) is 12.0 Å². The fourth-order valence-electron chi connectivity index (χ4n) is 1.93. The number of aryl methyl sites for hydroxylation is 1. The highest BCUT2D eigenvalue weighted by Gasteiger charge is 2.19. The first-order chi connectivity index (χ1) is 11.1. The predicted octanol–water partition coefficient (Wildman–Crippen LogP) is 0.875. The van der Waals surface area contributed by atoms with Crippen LogP contribution in [-0.4, -0.2) is 42.9 Å². The second-order valence-electron chi connectivity index (χ2n) is 4.91. The summed E-state index contributed by atoms with van der Waals surface area (Å²) in [5, 5.41) is 22.5. The normalized spacial score (nSPS) is 11.9. The van der Waals surface area contributed by atoms with E-state index in [1.54, 1.807) is 0 Å². The largest absolute Gasteiger partial charge is 0.481 e. The number of anilines is 1. The molecule has 0 aliphatic carbocycles. The van der Waals surface area contributed by atoms with Crippen LogP contribution in [0.2, 0.25) is 0 Å². The highest BCUT2D eigenvalue weighted by Crippen LogP contribution is 2.12. The molecule has 23 heavy (non-hydrogen) atoms. The summed E-state index contributed by atoms with van der Waals surface area (Å²) >= 11 is 4.23. The number of carboxylic acid groups (broad SMARTS) is 1. The van der Waals surface area contributed by atoms with Gasteiger partial charge in [0, 0.05) is 5.75 Å². The SMILES string of the molecule is O=C(O)CCn1nnc(NC(=O)[C@@H](CS)Cc2ccccc2)n1. The van der Waals surface area contributed by atoms with Crippen molar-refractivity contribution in [3.63, 3.8) is 0 Å². The number of tetrazole rings is 1. The number of thiol groups is 1. The van der Waals surface area contributed by atoms with Crippen LogP contribution in [0.4, 0.5) is 5.95 Å². The highest BCUT2D eigenvalue weighted by atomic mass is 32.1. The Hall–Kier alpha value is -2.42. The molecule has 0 spiro atoms. The molecule has 0 aliphatic rings. The average Bonchev–Trinajstić information content (AvgIpc) is 2.99. The van der Waals surface area contributed by atoms with Crippen molar-refractivity contribution in [2.45, 2.75) is 19.4 Å². The summed E-state index contributed by atoms with van der Waals surface area (Å²) in [5.74, 6) is -1.09. The molecule has 0 fully saturated rings. The molecule has 0 radical (unpaired) electrons. The first kappa shape index (κ1) is 16.9. The Kier molecular flexibility index (Phi) is 6.10. The number of benzene rings is 1. The molecule has 9 heteroatoms. The molecule has 122 valence electrons. The molecule has 1 amide bonds. The molecule has 1 heterocycles. The van der Waals surface area contributed by atoms with Crippen molar-refractivity contribution in [1.29, 1.82) is 0 Å². The summed E-state index contributed by atoms with van der Waals surface area (Å²) in [5.41, 5.74) is 1.04. The van der Waals surface area contributed by atoms with Crippen LogP contribution in [0.25, 0.3) is 0 Å². The number of hydrogen-bond donors (Lipinski definition) is 3. The lowest BCUT2D eigenvalue weighted by atomic mass is 10.0. The second-order valence-corrected chi connectivity index (χ2v) is 5.28. The number of hydrogen-bond acceptors (Lipinski definition) is 6. The van der Waals surface area contributed by atoms with Gasteiger partial charge in [0.15, 0.2) is 0 Å². The summed E-state index contributed by atoms with van der Waals surface area (Å²) in [6.07, 6.45) is 0.445. The minimum absolute atomic E-state index is 0.0558. The molecule has 1 aromatic heterocycles. The van der Waals surface area contributed by atoms with Gasteiger partial charge in [0.05, 0.1) is 18.9 Å². The lowest BCUT2D eigenvalue weighted by molar-refractivity contribution is -0.137. The molecular formula is C14H17N5O3S. The fourth-order valence-corrected chi connectivity index (χ4v) is 2.23. The van der Waals surface area contributed by atoms with Crippen molar-refractivity contribution in [2.24, 2.45) is 5.92 Å². The number of nitrogens with one attached hydrogen (secondary N) is 1. The van der Waals surface area contributed by atoms with Gasteiger partial charge in [0.1, 0.15) is 0 Å². The van der Waals surface area contributed by atoms with Crippen molar-refractivity contribution < 1.29 is 14.7 Å². The topological polar surface area (TPSA) is 110 Å². The van der Waals surface area contributed by atoms with Crippen molar-refractivity contribution in [3.8, 4) is 0 Å². The molecule has 0 unspecified atom stereocenters. The van der Waals surface area contributed by atoms with Crippen molar-refractivity contribution in [1.82, 2.24) is 20.2 Å². The number of nitrogens with zero attached hydrogens (tertiary/aromatic N) is 4. The average molecular weight is 335 g/mol. The Morgan fingerprint density at radius 2 is 2.04 bits per heavy atom. The van der Waals surface area contributed by atoms with Crippen molar-refractivity contribution in [3.05, 3.63) is 35.9 Å². The number of carbonyl (C=O) groups is 2. The Balaban J connectivity index is 1.92. The molecule has 2 aromatic rings. The minimum atomic E-state index is -0.953. The molecule has 0 bridgehead atoms. The molecule has 0 saturated heterocycles. The van der Waals surface area contributed by atoms with Crippen LogP contribution in [-0.2, 0) is 22.6 Å². The number of aromatic nitrogens is 4. The maximum absolute atomic E-state index is 12.3. The van der Waals surface area contributed by atoms with Gasteiger partial charge in [-0.3, -0.25) is 14.9 Å². The third-order valence-electron chi connectivity index (χ3n) is 3.13. The molecule has 0 saturated carbocycles. The highest BCUT2D eigenvalue weighted by molar-refractivity contribution is 7.80. The smallest absolute Gasteiger partial charge is 0.305 e. The molecule has 1 atom stereocenters. The third kappa shape index (κ3) is 5.37. The maximum atomic E-state index is 12.3. The standard InChI is InChI=1S/C14H17N5O3S/c20-12(21)6-7-19-17-14(16-18-19)15-13(22)11(9-23)8-10-4-2-1-3-5-10/h1-5,11,23H,6-9H2,(H,20,21)(H,15,17,22)/t11-/m1/s1. The van der Waals surface area contributed by atoms with E-state index < -0.39 is 5.97 Å². The monoisotopic (exact) mass is 335 g/mol. The van der Waals surface area contributed by atoms with E-state index in [-0.39, 0.29) is 30.7 Å². The van der Waals surface area contributed by atoms with E-state index in [1.165, 1.54) is 0 Å². The first-order valence-corrected chi connectivity index (χ1v) is 7.67. The Bertz CT molecular complexity index is 661. The number of rotatable bonds is 8. The molecule has 1 aromatic carbocycles. The number of carboxylic acids is 1. The van der Waals surface area contributed by atoms with Crippen LogP contribution >= 0.6 is 12.6 Å². The molecule has 0 aliphatic heterocycles. The van der Waals surface area contributed by atoms with E-state index in [4.69, 9.17) is 5.11 Å². The van der Waals surface area contributed by atoms with Crippen LogP contribution in [0.5, 0.6) is 0 Å². The van der Waals surface area contributed by atoms with E-state index >= 15 is 0 Å². The zero-order chi connectivity index (χ0) is 16.7. The van der Waals surface area contributed by atoms with E-state index in [9.17, 15) is 9.59 Å². The summed E-state index contributed by atoms with van der Waals surface area (Å²) in [4.78, 5) is 23.9. The molecule has 8 nitrogen and oxygen atoms in total. The number of carbonyl (C=O) groups excluding carboxylic acids is 1. The van der Waals surface area contributed by atoms with E-state index in [1.807, 2.05) is 30.3 Å². The predicted molar refractivity (Wildman–Crippen MR) is 86.2 cm³/mol. The third-order valence-corrected chi connectivity index (χ3v) is 3.57. The lowest BCUT2D eigenvalue weighted by Crippen LogP contribution is -2.26. The van der Waals surface area contributed by atoms with Crippen molar-refractivity contribution >= 4 is 30.5 Å². The van der Waals surface area contributed by atoms with E-state index in [2.05, 4.69) is 33.4 Å². The second kappa shape index (κ2) is 8.28. The fraction of sp³-hybridized carbons (Fsp3) is 0.357. The van der Waals surface area contributed by atoms with Gasteiger partial charge in [-0.2, -0.15) is 17.4 Å². The van der Waals surface area contributed by atoms with Gasteiger partial charge in [0.25, 0.3) is 5.95 Å². The van der Waals surface area contributed by atoms with Gasteiger partial charge in [0.2, 0.25) is 5.91 Å². The minimum Gasteiger partial charge on any atom is -0.481 e. The van der Waals surface area contributed by atoms with Gasteiger partial charge in [-0.15, -0.1) is 5.10 Å². The zero-order valence-electron chi connectivity index (χ0n) is 12.3. The van der Waals surface area contributed by atoms with Crippen LogP contribution in [0.15, 0.2) is 30.3 Å².